The molecule has 1 amide bonds. The first-order valence-corrected chi connectivity index (χ1v) is 4.70. The fourth-order valence-corrected chi connectivity index (χ4v) is 1.07. The summed E-state index contributed by atoms with van der Waals surface area (Å²) in [6, 6.07) is 1.44. The van der Waals surface area contributed by atoms with Crippen molar-refractivity contribution in [2.45, 2.75) is 19.4 Å². The summed E-state index contributed by atoms with van der Waals surface area (Å²) in [5, 5.41) is 20.9. The zero-order valence-electron chi connectivity index (χ0n) is 8.47. The summed E-state index contributed by atoms with van der Waals surface area (Å²) < 4.78 is 0. The van der Waals surface area contributed by atoms with E-state index < -0.39 is 6.10 Å². The fraction of sp³-hybridized carbons (Fsp3) is 0.400. The number of carbonyl (C=O) groups excluding carboxylic acids is 1. The van der Waals surface area contributed by atoms with Gasteiger partial charge in [-0.3, -0.25) is 9.78 Å². The van der Waals surface area contributed by atoms with Gasteiger partial charge in [-0.05, 0) is 19.4 Å². The number of rotatable bonds is 4. The van der Waals surface area contributed by atoms with E-state index in [9.17, 15) is 9.90 Å². The minimum Gasteiger partial charge on any atom is -0.505 e. The molecule has 0 fully saturated rings. The van der Waals surface area contributed by atoms with Crippen molar-refractivity contribution in [2.24, 2.45) is 0 Å². The van der Waals surface area contributed by atoms with Crippen LogP contribution in [0.25, 0.3) is 0 Å². The minimum absolute atomic E-state index is 0.146. The first-order chi connectivity index (χ1) is 7.11. The Balaban J connectivity index is 2.51. The lowest BCUT2D eigenvalue weighted by atomic mass is 10.2. The van der Waals surface area contributed by atoms with E-state index in [1.807, 2.05) is 0 Å². The molecule has 0 saturated heterocycles. The highest BCUT2D eigenvalue weighted by Gasteiger charge is 2.09. The molecule has 1 aromatic rings. The molecule has 1 heterocycles. The quantitative estimate of drug-likeness (QED) is 0.667. The zero-order chi connectivity index (χ0) is 11.3. The molecule has 1 atom stereocenters. The van der Waals surface area contributed by atoms with Gasteiger partial charge in [0.25, 0.3) is 5.91 Å². The van der Waals surface area contributed by atoms with Crippen LogP contribution < -0.4 is 5.32 Å². The van der Waals surface area contributed by atoms with E-state index in [2.05, 4.69) is 10.3 Å². The standard InChI is InChI=1S/C10H14N2O3/c1-7(13)2-5-12-10(15)8-3-4-11-6-9(8)14/h3-4,6-7,13-14H,2,5H2,1H3,(H,12,15). The maximum Gasteiger partial charge on any atom is 0.255 e. The predicted octanol–water partition coefficient (Wildman–Crippen LogP) is 0.288. The lowest BCUT2D eigenvalue weighted by molar-refractivity contribution is 0.0943. The second-order valence-electron chi connectivity index (χ2n) is 3.29. The number of pyridine rings is 1. The van der Waals surface area contributed by atoms with E-state index in [0.29, 0.717) is 13.0 Å². The van der Waals surface area contributed by atoms with E-state index in [1.165, 1.54) is 18.5 Å². The van der Waals surface area contributed by atoms with Crippen molar-refractivity contribution in [3.05, 3.63) is 24.0 Å². The average Bonchev–Trinajstić information content (AvgIpc) is 2.17. The van der Waals surface area contributed by atoms with Crippen LogP contribution in [0.1, 0.15) is 23.7 Å². The van der Waals surface area contributed by atoms with E-state index in [4.69, 9.17) is 5.11 Å². The molecule has 1 aromatic heterocycles. The molecule has 0 aliphatic rings. The van der Waals surface area contributed by atoms with Gasteiger partial charge in [-0.25, -0.2) is 0 Å². The Kier molecular flexibility index (Phi) is 4.05. The molecule has 82 valence electrons. The van der Waals surface area contributed by atoms with Crippen LogP contribution in [0, 0.1) is 0 Å². The van der Waals surface area contributed by atoms with Crippen molar-refractivity contribution in [3.8, 4) is 5.75 Å². The first kappa shape index (κ1) is 11.5. The first-order valence-electron chi connectivity index (χ1n) is 4.70. The number of hydrogen-bond donors (Lipinski definition) is 3. The smallest absolute Gasteiger partial charge is 0.255 e. The molecule has 5 heteroatoms. The van der Waals surface area contributed by atoms with Crippen LogP contribution >= 0.6 is 0 Å². The van der Waals surface area contributed by atoms with Crippen molar-refractivity contribution in [3.63, 3.8) is 0 Å². The number of carbonyl (C=O) groups is 1. The monoisotopic (exact) mass is 210 g/mol. The van der Waals surface area contributed by atoms with Crippen molar-refractivity contribution in [1.29, 1.82) is 0 Å². The second kappa shape index (κ2) is 5.31. The molecule has 0 aliphatic carbocycles. The molecule has 0 bridgehead atoms. The Morgan fingerprint density at radius 2 is 2.40 bits per heavy atom. The SMILES string of the molecule is CC(O)CCNC(=O)c1ccncc1O. The highest BCUT2D eigenvalue weighted by Crippen LogP contribution is 2.13. The van der Waals surface area contributed by atoms with E-state index in [1.54, 1.807) is 6.92 Å². The third-order valence-electron chi connectivity index (χ3n) is 1.89. The van der Waals surface area contributed by atoms with Gasteiger partial charge in [-0.1, -0.05) is 0 Å². The normalized spacial score (nSPS) is 12.1. The van der Waals surface area contributed by atoms with Gasteiger partial charge in [0.15, 0.2) is 0 Å². The number of amides is 1. The van der Waals surface area contributed by atoms with Crippen LogP contribution in [0.5, 0.6) is 5.75 Å². The molecule has 0 aliphatic heterocycles. The third kappa shape index (κ3) is 3.55. The molecule has 15 heavy (non-hydrogen) atoms. The van der Waals surface area contributed by atoms with Crippen LogP contribution in [0.15, 0.2) is 18.5 Å². The van der Waals surface area contributed by atoms with Crippen LogP contribution in [0.2, 0.25) is 0 Å². The number of aromatic hydroxyl groups is 1. The highest BCUT2D eigenvalue weighted by atomic mass is 16.3. The molecule has 0 radical (unpaired) electrons. The molecule has 1 rings (SSSR count). The van der Waals surface area contributed by atoms with E-state index in [0.717, 1.165) is 0 Å². The van der Waals surface area contributed by atoms with Gasteiger partial charge in [-0.2, -0.15) is 0 Å². The summed E-state index contributed by atoms with van der Waals surface area (Å²) in [4.78, 5) is 15.1. The number of aliphatic hydroxyl groups is 1. The van der Waals surface area contributed by atoms with Crippen molar-refractivity contribution in [2.75, 3.05) is 6.54 Å². The van der Waals surface area contributed by atoms with Gasteiger partial charge in [-0.15, -0.1) is 0 Å². The van der Waals surface area contributed by atoms with E-state index in [-0.39, 0.29) is 17.2 Å². The zero-order valence-corrected chi connectivity index (χ0v) is 8.47. The summed E-state index contributed by atoms with van der Waals surface area (Å²) in [6.45, 7) is 2.02. The molecule has 0 spiro atoms. The molecular weight excluding hydrogens is 196 g/mol. The fourth-order valence-electron chi connectivity index (χ4n) is 1.07. The van der Waals surface area contributed by atoms with Gasteiger partial charge in [0, 0.05) is 12.7 Å². The lowest BCUT2D eigenvalue weighted by Gasteiger charge is -2.07. The van der Waals surface area contributed by atoms with Crippen LogP contribution in [0.3, 0.4) is 0 Å². The average molecular weight is 210 g/mol. The van der Waals surface area contributed by atoms with Crippen LogP contribution in [-0.4, -0.2) is 33.8 Å². The molecule has 0 saturated carbocycles. The number of aromatic nitrogens is 1. The van der Waals surface area contributed by atoms with Crippen LogP contribution in [0.4, 0.5) is 0 Å². The Morgan fingerprint density at radius 1 is 1.67 bits per heavy atom. The molecular formula is C10H14N2O3. The number of aliphatic hydroxyl groups excluding tert-OH is 1. The summed E-state index contributed by atoms with van der Waals surface area (Å²) >= 11 is 0. The van der Waals surface area contributed by atoms with Crippen molar-refractivity contribution in [1.82, 2.24) is 10.3 Å². The maximum absolute atomic E-state index is 11.5. The Morgan fingerprint density at radius 3 is 3.00 bits per heavy atom. The van der Waals surface area contributed by atoms with Crippen molar-refractivity contribution >= 4 is 5.91 Å². The number of nitrogens with zero attached hydrogens (tertiary/aromatic N) is 1. The largest absolute Gasteiger partial charge is 0.505 e. The topological polar surface area (TPSA) is 82.5 Å². The molecule has 5 nitrogen and oxygen atoms in total. The highest BCUT2D eigenvalue weighted by molar-refractivity contribution is 5.96. The molecule has 1 unspecified atom stereocenters. The third-order valence-corrected chi connectivity index (χ3v) is 1.89. The Hall–Kier alpha value is -1.62. The van der Waals surface area contributed by atoms with Crippen molar-refractivity contribution < 1.29 is 15.0 Å². The summed E-state index contributed by atoms with van der Waals surface area (Å²) in [5.41, 5.74) is 0.190. The second-order valence-corrected chi connectivity index (χ2v) is 3.29. The Bertz CT molecular complexity index is 339. The maximum atomic E-state index is 11.5. The van der Waals surface area contributed by atoms with Gasteiger partial charge in [0.05, 0.1) is 17.9 Å². The molecule has 3 N–H and O–H groups in total. The summed E-state index contributed by atoms with van der Waals surface area (Å²) in [5.74, 6) is -0.511. The number of hydrogen-bond acceptors (Lipinski definition) is 4. The van der Waals surface area contributed by atoms with Gasteiger partial charge in [0.2, 0.25) is 0 Å². The predicted molar refractivity (Wildman–Crippen MR) is 54.5 cm³/mol. The van der Waals surface area contributed by atoms with Gasteiger partial charge >= 0.3 is 0 Å². The van der Waals surface area contributed by atoms with Crippen LogP contribution in [-0.2, 0) is 0 Å². The summed E-state index contributed by atoms with van der Waals surface area (Å²) in [6.07, 6.45) is 2.68. The van der Waals surface area contributed by atoms with Gasteiger partial charge < -0.3 is 15.5 Å². The summed E-state index contributed by atoms with van der Waals surface area (Å²) in [7, 11) is 0. The minimum atomic E-state index is -0.448. The number of nitrogens with one attached hydrogen (secondary N) is 1. The molecule has 0 aromatic carbocycles. The lowest BCUT2D eigenvalue weighted by Crippen LogP contribution is -2.26. The van der Waals surface area contributed by atoms with Gasteiger partial charge in [0.1, 0.15) is 5.75 Å². The Labute approximate surface area is 87.8 Å². The van der Waals surface area contributed by atoms with E-state index >= 15 is 0 Å².